The van der Waals surface area contributed by atoms with E-state index in [2.05, 4.69) is 164 Å². The smallest absolute Gasteiger partial charge is 1.00 e. The second kappa shape index (κ2) is 27.2. The molecule has 0 heterocycles. The molecule has 6 heteroatoms. The quantitative estimate of drug-likeness (QED) is 0.116. The van der Waals surface area contributed by atoms with Crippen LogP contribution in [0.2, 0.25) is 0 Å². The van der Waals surface area contributed by atoms with Crippen LogP contribution in [0.5, 0.6) is 0 Å². The molecule has 256 valence electrons. The molecule has 0 saturated heterocycles. The average molecular weight is 787 g/mol. The summed E-state index contributed by atoms with van der Waals surface area (Å²) in [5.74, 6) is 1.45. The van der Waals surface area contributed by atoms with Crippen molar-refractivity contribution in [1.82, 2.24) is 0 Å². The molecule has 2 atom stereocenters. The van der Waals surface area contributed by atoms with Crippen LogP contribution < -0.4 is 35.4 Å². The molecular formula is C42H54Cl2P2Ti2-2. The summed E-state index contributed by atoms with van der Waals surface area (Å²) < 4.78 is 0. The number of fused-ring (bicyclic) bond motifs is 2. The van der Waals surface area contributed by atoms with Gasteiger partial charge in [-0.05, 0) is 39.5 Å². The van der Waals surface area contributed by atoms with Crippen molar-refractivity contribution >= 4 is 48.0 Å². The third-order valence-corrected chi connectivity index (χ3v) is 10.8. The number of rotatable bonds is 8. The van der Waals surface area contributed by atoms with Gasteiger partial charge in [-0.15, -0.1) is 109 Å². The predicted octanol–water partition coefficient (Wildman–Crippen LogP) is 6.08. The van der Waals surface area contributed by atoms with Crippen LogP contribution in [-0.4, -0.2) is 26.7 Å². The zero-order chi connectivity index (χ0) is 31.9. The summed E-state index contributed by atoms with van der Waals surface area (Å²) >= 11 is 0. The van der Waals surface area contributed by atoms with Crippen molar-refractivity contribution in [3.05, 3.63) is 120 Å². The maximum Gasteiger partial charge on any atom is 2.00 e. The SMILES string of the molecule is CCCC(C)C1=[C-]CC=C1.CCCC(C)C1=[C-]CC=C1.CP(C)c1cc2ccccc2[cH-]1.CP(C)c1cc2ccccc2[cH-]1.[Cl-].[Cl-].[Ti+2].[Ti+2]. The monoisotopic (exact) mass is 786 g/mol. The van der Waals surface area contributed by atoms with Gasteiger partial charge in [-0.3, -0.25) is 12.2 Å². The minimum atomic E-state index is 0. The molecule has 2 aliphatic rings. The van der Waals surface area contributed by atoms with Gasteiger partial charge in [0.1, 0.15) is 0 Å². The van der Waals surface area contributed by atoms with Gasteiger partial charge in [0.15, 0.2) is 0 Å². The molecule has 0 bridgehead atoms. The Morgan fingerprint density at radius 1 is 0.625 bits per heavy atom. The predicted molar refractivity (Wildman–Crippen MR) is 205 cm³/mol. The fourth-order valence-corrected chi connectivity index (χ4v) is 7.07. The summed E-state index contributed by atoms with van der Waals surface area (Å²) in [6.07, 6.45) is 22.7. The van der Waals surface area contributed by atoms with E-state index in [9.17, 15) is 0 Å². The topological polar surface area (TPSA) is 0 Å². The van der Waals surface area contributed by atoms with Crippen molar-refractivity contribution in [2.24, 2.45) is 11.8 Å². The third kappa shape index (κ3) is 16.7. The van der Waals surface area contributed by atoms with E-state index in [-0.39, 0.29) is 84.1 Å². The van der Waals surface area contributed by atoms with Crippen molar-refractivity contribution in [2.75, 3.05) is 26.7 Å². The van der Waals surface area contributed by atoms with E-state index in [0.29, 0.717) is 0 Å². The molecule has 6 rings (SSSR count). The molecule has 0 aliphatic heterocycles. The third-order valence-electron chi connectivity index (χ3n) is 8.19. The van der Waals surface area contributed by atoms with E-state index in [4.69, 9.17) is 0 Å². The Kier molecular flexibility index (Phi) is 28.1. The van der Waals surface area contributed by atoms with E-state index < -0.39 is 0 Å². The number of hydrogen-bond acceptors (Lipinski definition) is 0. The molecule has 4 aromatic carbocycles. The molecule has 0 saturated carbocycles. The summed E-state index contributed by atoms with van der Waals surface area (Å²) in [6.45, 7) is 18.2. The Balaban J connectivity index is 0. The Labute approximate surface area is 338 Å². The van der Waals surface area contributed by atoms with Gasteiger partial charge in [0, 0.05) is 0 Å². The number of halogens is 2. The number of hydrogen-bond donors (Lipinski definition) is 0. The minimum Gasteiger partial charge on any atom is -1.00 e. The van der Waals surface area contributed by atoms with Crippen molar-refractivity contribution in [3.63, 3.8) is 0 Å². The molecule has 4 aromatic rings. The molecule has 0 aromatic heterocycles. The Bertz CT molecular complexity index is 1360. The van der Waals surface area contributed by atoms with Gasteiger partial charge < -0.3 is 24.8 Å². The van der Waals surface area contributed by atoms with Crippen molar-refractivity contribution in [1.29, 1.82) is 0 Å². The molecule has 0 nitrogen and oxygen atoms in total. The van der Waals surface area contributed by atoms with Gasteiger partial charge in [0.2, 0.25) is 0 Å². The van der Waals surface area contributed by atoms with E-state index in [1.54, 1.807) is 0 Å². The minimum absolute atomic E-state index is 0. The maximum absolute atomic E-state index is 3.35. The normalized spacial score (nSPS) is 13.6. The summed E-state index contributed by atoms with van der Waals surface area (Å²) in [7, 11) is 0.115. The zero-order valence-corrected chi connectivity index (χ0v) is 36.7. The molecular weight excluding hydrogens is 733 g/mol. The maximum atomic E-state index is 3.35. The molecule has 0 amide bonds. The van der Waals surface area contributed by atoms with Crippen molar-refractivity contribution in [2.45, 2.75) is 66.2 Å². The first-order valence-corrected chi connectivity index (χ1v) is 20.9. The standard InChI is InChI=1S/2C11H12P.2C10H15.2ClH.2Ti/c2*1-12(2)11-7-9-5-3-4-6-10(9)8-11;2*1-3-6-9(2)10-7-4-5-8-10;;;;/h2*3-8H,1-2H3;2*4,7,9H,3,5-6H2,1-2H3;2*1H;;/q4*-1;;;2*+2/p-2. The molecule has 48 heavy (non-hydrogen) atoms. The summed E-state index contributed by atoms with van der Waals surface area (Å²) in [4.78, 5) is 0. The first kappa shape index (κ1) is 49.6. The fraction of sp³-hybridized carbons (Fsp3) is 0.381. The van der Waals surface area contributed by atoms with Crippen LogP contribution in [0, 0.1) is 24.0 Å². The second-order valence-electron chi connectivity index (χ2n) is 12.3. The Morgan fingerprint density at radius 2 is 0.979 bits per heavy atom. The molecule has 0 N–H and O–H groups in total. The van der Waals surface area contributed by atoms with Crippen LogP contribution in [0.25, 0.3) is 21.5 Å². The average Bonchev–Trinajstić information content (AvgIpc) is 3.84. The van der Waals surface area contributed by atoms with E-state index in [1.807, 2.05) is 0 Å². The molecule has 2 unspecified atom stereocenters. The van der Waals surface area contributed by atoms with Crippen LogP contribution in [-0.2, 0) is 43.4 Å². The van der Waals surface area contributed by atoms with Gasteiger partial charge in [0.25, 0.3) is 0 Å². The van der Waals surface area contributed by atoms with Crippen molar-refractivity contribution < 1.29 is 68.2 Å². The summed E-state index contributed by atoms with van der Waals surface area (Å²) in [5.41, 5.74) is 2.84. The van der Waals surface area contributed by atoms with Crippen LogP contribution >= 0.6 is 15.8 Å². The molecule has 0 radical (unpaired) electrons. The van der Waals surface area contributed by atoms with Gasteiger partial charge >= 0.3 is 43.4 Å². The van der Waals surface area contributed by atoms with Crippen LogP contribution in [0.4, 0.5) is 0 Å². The van der Waals surface area contributed by atoms with Crippen LogP contribution in [0.1, 0.15) is 66.2 Å². The fourth-order valence-electron chi connectivity index (χ4n) is 5.48. The molecule has 0 spiro atoms. The molecule has 2 aliphatic carbocycles. The van der Waals surface area contributed by atoms with E-state index in [1.165, 1.54) is 69.0 Å². The van der Waals surface area contributed by atoms with Gasteiger partial charge in [0.05, 0.1) is 0 Å². The first-order chi connectivity index (χ1) is 21.2. The van der Waals surface area contributed by atoms with E-state index >= 15 is 0 Å². The van der Waals surface area contributed by atoms with Crippen LogP contribution in [0.15, 0.2) is 108 Å². The summed E-state index contributed by atoms with van der Waals surface area (Å²) in [6, 6.07) is 26.3. The van der Waals surface area contributed by atoms with Crippen molar-refractivity contribution in [3.8, 4) is 0 Å². The zero-order valence-electron chi connectivity index (χ0n) is 30.3. The van der Waals surface area contributed by atoms with Gasteiger partial charge in [-0.1, -0.05) is 64.5 Å². The van der Waals surface area contributed by atoms with Crippen LogP contribution in [0.3, 0.4) is 0 Å². The number of allylic oxidation sites excluding steroid dienone is 8. The largest absolute Gasteiger partial charge is 2.00 e. The summed E-state index contributed by atoms with van der Waals surface area (Å²) in [5, 5.41) is 8.53. The Morgan fingerprint density at radius 3 is 1.25 bits per heavy atom. The first-order valence-electron chi connectivity index (χ1n) is 16.4. The van der Waals surface area contributed by atoms with Gasteiger partial charge in [-0.25, -0.2) is 23.3 Å². The van der Waals surface area contributed by atoms with Gasteiger partial charge in [-0.2, -0.15) is 24.3 Å². The Hall–Kier alpha value is -0.511. The second-order valence-corrected chi connectivity index (χ2v) is 16.9. The molecule has 0 fully saturated rings. The van der Waals surface area contributed by atoms with E-state index in [0.717, 1.165) is 24.7 Å². The number of benzene rings is 2.